The average molecular weight is 350 g/mol. The highest BCUT2D eigenvalue weighted by Crippen LogP contribution is 2.28. The molecule has 0 bridgehead atoms. The van der Waals surface area contributed by atoms with Crippen molar-refractivity contribution >= 4 is 44.6 Å². The van der Waals surface area contributed by atoms with E-state index in [0.717, 1.165) is 6.07 Å². The molecular weight excluding hydrogens is 341 g/mol. The first kappa shape index (κ1) is 15.7. The molecule has 21 heavy (non-hydrogen) atoms. The summed E-state index contributed by atoms with van der Waals surface area (Å²) < 4.78 is 39.6. The lowest BCUT2D eigenvalue weighted by molar-refractivity contribution is 0.0701. The van der Waals surface area contributed by atoms with Crippen LogP contribution < -0.4 is 4.72 Å². The Morgan fingerprint density at radius 2 is 2.05 bits per heavy atom. The maximum absolute atomic E-state index is 13.3. The van der Waals surface area contributed by atoms with E-state index in [9.17, 15) is 17.6 Å². The molecule has 5 nitrogen and oxygen atoms in total. The van der Waals surface area contributed by atoms with Crippen LogP contribution in [-0.2, 0) is 10.0 Å². The van der Waals surface area contributed by atoms with Gasteiger partial charge in [0.05, 0.1) is 10.7 Å². The quantitative estimate of drug-likeness (QED) is 0.886. The Morgan fingerprint density at radius 1 is 1.38 bits per heavy atom. The summed E-state index contributed by atoms with van der Waals surface area (Å²) in [4.78, 5) is 10.9. The van der Waals surface area contributed by atoms with Crippen LogP contribution in [0.4, 0.5) is 10.1 Å². The maximum atomic E-state index is 13.3. The first-order valence-corrected chi connectivity index (χ1v) is 8.20. The van der Waals surface area contributed by atoms with E-state index in [2.05, 4.69) is 4.72 Å². The molecule has 0 spiro atoms. The molecule has 2 aromatic rings. The van der Waals surface area contributed by atoms with E-state index < -0.39 is 21.8 Å². The lowest BCUT2D eigenvalue weighted by atomic mass is 10.3. The molecule has 0 fully saturated rings. The zero-order valence-corrected chi connectivity index (χ0v) is 12.9. The number of carboxylic acids is 1. The molecule has 0 radical (unpaired) electrons. The molecule has 2 rings (SSSR count). The van der Waals surface area contributed by atoms with Gasteiger partial charge in [-0.15, -0.1) is 11.3 Å². The van der Waals surface area contributed by atoms with Crippen molar-refractivity contribution in [1.29, 1.82) is 0 Å². The number of nitrogens with one attached hydrogen (secondary N) is 1. The molecule has 0 saturated heterocycles. The summed E-state index contributed by atoms with van der Waals surface area (Å²) in [5.74, 6) is -1.96. The number of aromatic carboxylic acids is 1. The van der Waals surface area contributed by atoms with Gasteiger partial charge in [-0.25, -0.2) is 17.6 Å². The van der Waals surface area contributed by atoms with Gasteiger partial charge in [0.25, 0.3) is 10.0 Å². The molecule has 0 atom stereocenters. The number of hydrogen-bond acceptors (Lipinski definition) is 4. The van der Waals surface area contributed by atoms with Crippen molar-refractivity contribution in [2.24, 2.45) is 0 Å². The molecule has 0 saturated carbocycles. The molecule has 0 unspecified atom stereocenters. The molecule has 2 N–H and O–H groups in total. The predicted molar refractivity (Wildman–Crippen MR) is 78.2 cm³/mol. The molecule has 0 amide bonds. The number of halogens is 2. The van der Waals surface area contributed by atoms with Gasteiger partial charge in [0.15, 0.2) is 0 Å². The molecule has 9 heteroatoms. The van der Waals surface area contributed by atoms with Crippen molar-refractivity contribution in [3.8, 4) is 0 Å². The smallest absolute Gasteiger partial charge is 0.346 e. The second kappa shape index (κ2) is 5.63. The molecule has 1 aromatic carbocycles. The van der Waals surface area contributed by atoms with Crippen molar-refractivity contribution in [1.82, 2.24) is 0 Å². The molecule has 1 heterocycles. The third-order valence-electron chi connectivity index (χ3n) is 2.53. The number of sulfonamides is 1. The summed E-state index contributed by atoms with van der Waals surface area (Å²) in [6.45, 7) is 1.50. The van der Waals surface area contributed by atoms with E-state index in [0.29, 0.717) is 16.9 Å². The molecule has 0 aliphatic rings. The van der Waals surface area contributed by atoms with Crippen LogP contribution in [-0.4, -0.2) is 19.5 Å². The van der Waals surface area contributed by atoms with Gasteiger partial charge in [-0.2, -0.15) is 0 Å². The summed E-state index contributed by atoms with van der Waals surface area (Å²) in [5.41, 5.74) is 0.343. The normalized spacial score (nSPS) is 11.4. The van der Waals surface area contributed by atoms with Crippen LogP contribution in [0.25, 0.3) is 0 Å². The van der Waals surface area contributed by atoms with Crippen LogP contribution in [0.15, 0.2) is 28.5 Å². The van der Waals surface area contributed by atoms with Crippen molar-refractivity contribution in [2.45, 2.75) is 11.1 Å². The van der Waals surface area contributed by atoms with E-state index in [1.165, 1.54) is 25.1 Å². The fraction of sp³-hybridized carbons (Fsp3) is 0.0833. The standard InChI is InChI=1S/C12H9ClFNO4S2/c1-6-4-10(20-11(6)12(16)17)21(18,19)15-7-2-3-8(13)9(14)5-7/h2-5,15H,1H3,(H,16,17). The fourth-order valence-corrected chi connectivity index (χ4v) is 4.11. The Morgan fingerprint density at radius 3 is 2.57 bits per heavy atom. The average Bonchev–Trinajstić information content (AvgIpc) is 2.77. The predicted octanol–water partition coefficient (Wildman–Crippen LogP) is 3.35. The Kier molecular flexibility index (Phi) is 4.22. The first-order chi connectivity index (χ1) is 9.70. The number of carbonyl (C=O) groups is 1. The highest BCUT2D eigenvalue weighted by molar-refractivity contribution is 7.94. The number of rotatable bonds is 4. The van der Waals surface area contributed by atoms with Gasteiger partial charge in [-0.05, 0) is 36.8 Å². The van der Waals surface area contributed by atoms with Crippen LogP contribution in [0, 0.1) is 12.7 Å². The molecule has 0 aliphatic carbocycles. The van der Waals surface area contributed by atoms with Gasteiger partial charge >= 0.3 is 5.97 Å². The highest BCUT2D eigenvalue weighted by Gasteiger charge is 2.22. The fourth-order valence-electron chi connectivity index (χ4n) is 1.56. The maximum Gasteiger partial charge on any atom is 0.346 e. The minimum atomic E-state index is -3.98. The van der Waals surface area contributed by atoms with Crippen molar-refractivity contribution in [3.63, 3.8) is 0 Å². The van der Waals surface area contributed by atoms with E-state index >= 15 is 0 Å². The lowest BCUT2D eigenvalue weighted by Crippen LogP contribution is -2.11. The summed E-state index contributed by atoms with van der Waals surface area (Å²) >= 11 is 6.14. The number of aryl methyl sites for hydroxylation is 1. The largest absolute Gasteiger partial charge is 0.477 e. The summed E-state index contributed by atoms with van der Waals surface area (Å²) in [7, 11) is -3.98. The van der Waals surface area contributed by atoms with Crippen LogP contribution in [0.1, 0.15) is 15.2 Å². The Hall–Kier alpha value is -1.64. The van der Waals surface area contributed by atoms with Gasteiger partial charge in [0, 0.05) is 0 Å². The second-order valence-electron chi connectivity index (χ2n) is 4.12. The Balaban J connectivity index is 2.36. The van der Waals surface area contributed by atoms with Gasteiger partial charge in [0.2, 0.25) is 0 Å². The van der Waals surface area contributed by atoms with Crippen LogP contribution in [0.2, 0.25) is 5.02 Å². The number of thiophene rings is 1. The van der Waals surface area contributed by atoms with E-state index in [1.54, 1.807) is 0 Å². The number of benzene rings is 1. The molecule has 112 valence electrons. The number of hydrogen-bond donors (Lipinski definition) is 2. The van der Waals surface area contributed by atoms with Crippen molar-refractivity contribution in [2.75, 3.05) is 4.72 Å². The van der Waals surface area contributed by atoms with Crippen LogP contribution >= 0.6 is 22.9 Å². The zero-order valence-electron chi connectivity index (χ0n) is 10.6. The first-order valence-electron chi connectivity index (χ1n) is 5.52. The van der Waals surface area contributed by atoms with Gasteiger partial charge in [-0.1, -0.05) is 11.6 Å². The molecule has 0 aliphatic heterocycles. The monoisotopic (exact) mass is 349 g/mol. The van der Waals surface area contributed by atoms with Crippen LogP contribution in [0.5, 0.6) is 0 Å². The van der Waals surface area contributed by atoms with Crippen molar-refractivity contribution in [3.05, 3.63) is 45.5 Å². The van der Waals surface area contributed by atoms with E-state index in [1.807, 2.05) is 0 Å². The third kappa shape index (κ3) is 3.34. The van der Waals surface area contributed by atoms with Gasteiger partial charge in [-0.3, -0.25) is 4.72 Å². The minimum absolute atomic E-state index is 0.000159. The number of carboxylic acid groups (broad SMARTS) is 1. The van der Waals surface area contributed by atoms with Gasteiger partial charge < -0.3 is 5.11 Å². The van der Waals surface area contributed by atoms with Crippen molar-refractivity contribution < 1.29 is 22.7 Å². The molecule has 1 aromatic heterocycles. The van der Waals surface area contributed by atoms with E-state index in [4.69, 9.17) is 16.7 Å². The van der Waals surface area contributed by atoms with Gasteiger partial charge in [0.1, 0.15) is 14.9 Å². The Bertz CT molecular complexity index is 817. The highest BCUT2D eigenvalue weighted by atomic mass is 35.5. The topological polar surface area (TPSA) is 83.5 Å². The minimum Gasteiger partial charge on any atom is -0.477 e. The summed E-state index contributed by atoms with van der Waals surface area (Å²) in [6.07, 6.45) is 0. The lowest BCUT2D eigenvalue weighted by Gasteiger charge is -2.06. The second-order valence-corrected chi connectivity index (χ2v) is 7.49. The summed E-state index contributed by atoms with van der Waals surface area (Å²) in [6, 6.07) is 4.72. The third-order valence-corrected chi connectivity index (χ3v) is 5.91. The number of anilines is 1. The van der Waals surface area contributed by atoms with E-state index in [-0.39, 0.29) is 19.8 Å². The zero-order chi connectivity index (χ0) is 15.8. The SMILES string of the molecule is Cc1cc(S(=O)(=O)Nc2ccc(Cl)c(F)c2)sc1C(=O)O. The summed E-state index contributed by atoms with van der Waals surface area (Å²) in [5, 5.41) is 8.81. The van der Waals surface area contributed by atoms with Crippen LogP contribution in [0.3, 0.4) is 0 Å². The molecular formula is C12H9ClFNO4S2. The Labute approximate surface area is 129 Å².